The second-order valence-corrected chi connectivity index (χ2v) is 4.64. The summed E-state index contributed by atoms with van der Waals surface area (Å²) in [6.45, 7) is 11.7. The van der Waals surface area contributed by atoms with Crippen molar-refractivity contribution >= 4 is 0 Å². The topological polar surface area (TPSA) is 12.0 Å². The van der Waals surface area contributed by atoms with Crippen LogP contribution in [0, 0.1) is 23.7 Å². The van der Waals surface area contributed by atoms with Crippen LogP contribution in [0.3, 0.4) is 0 Å². The fourth-order valence-electron chi connectivity index (χ4n) is 2.60. The molecule has 1 aliphatic rings. The smallest absolute Gasteiger partial charge is 0.0127 e. The van der Waals surface area contributed by atoms with Gasteiger partial charge in [0.2, 0.25) is 0 Å². The van der Waals surface area contributed by atoms with Gasteiger partial charge in [-0.3, -0.25) is 0 Å². The van der Waals surface area contributed by atoms with E-state index < -0.39 is 0 Å². The Morgan fingerprint density at radius 3 is 1.85 bits per heavy atom. The standard InChI is InChI=1S/C12H23N/c1-7-8(2)10(4)12(13-6)11(5)9(7)3/h7-10,13H,1-6H3. The molecule has 0 fully saturated rings. The quantitative estimate of drug-likeness (QED) is 0.655. The van der Waals surface area contributed by atoms with Gasteiger partial charge < -0.3 is 5.32 Å². The number of hydrogen-bond donors (Lipinski definition) is 1. The third-order valence-electron chi connectivity index (χ3n) is 4.24. The van der Waals surface area contributed by atoms with E-state index in [1.165, 1.54) is 5.70 Å². The first-order chi connectivity index (χ1) is 6.00. The lowest BCUT2D eigenvalue weighted by atomic mass is 9.68. The lowest BCUT2D eigenvalue weighted by molar-refractivity contribution is 0.220. The molecule has 0 saturated heterocycles. The minimum Gasteiger partial charge on any atom is -0.391 e. The van der Waals surface area contributed by atoms with E-state index in [9.17, 15) is 0 Å². The van der Waals surface area contributed by atoms with Gasteiger partial charge in [0.15, 0.2) is 0 Å². The molecule has 1 heteroatoms. The number of hydrogen-bond acceptors (Lipinski definition) is 1. The molecule has 1 rings (SSSR count). The Balaban J connectivity index is 3.03. The van der Waals surface area contributed by atoms with Crippen LogP contribution >= 0.6 is 0 Å². The minimum atomic E-state index is 0.691. The molecule has 0 radical (unpaired) electrons. The van der Waals surface area contributed by atoms with Gasteiger partial charge in [0.05, 0.1) is 0 Å². The molecule has 0 heterocycles. The molecule has 1 nitrogen and oxygen atoms in total. The van der Waals surface area contributed by atoms with Gasteiger partial charge in [0.1, 0.15) is 0 Å². The molecule has 0 aromatic rings. The largest absolute Gasteiger partial charge is 0.391 e. The number of nitrogens with one attached hydrogen (secondary N) is 1. The van der Waals surface area contributed by atoms with Crippen LogP contribution in [0.2, 0.25) is 0 Å². The van der Waals surface area contributed by atoms with Crippen molar-refractivity contribution in [3.8, 4) is 0 Å². The van der Waals surface area contributed by atoms with E-state index in [4.69, 9.17) is 0 Å². The van der Waals surface area contributed by atoms with E-state index in [0.29, 0.717) is 5.92 Å². The van der Waals surface area contributed by atoms with Gasteiger partial charge in [-0.2, -0.15) is 0 Å². The molecule has 76 valence electrons. The first-order valence-electron chi connectivity index (χ1n) is 5.39. The Morgan fingerprint density at radius 2 is 1.38 bits per heavy atom. The zero-order chi connectivity index (χ0) is 10.2. The highest BCUT2D eigenvalue weighted by atomic mass is 14.9. The van der Waals surface area contributed by atoms with Crippen LogP contribution in [0.25, 0.3) is 0 Å². The third-order valence-corrected chi connectivity index (χ3v) is 4.24. The number of allylic oxidation sites excluding steroid dienone is 2. The Hall–Kier alpha value is -0.460. The van der Waals surface area contributed by atoms with Crippen LogP contribution in [0.4, 0.5) is 0 Å². The van der Waals surface area contributed by atoms with E-state index in [1.807, 2.05) is 7.05 Å². The Bertz CT molecular complexity index is 217. The molecular weight excluding hydrogens is 158 g/mol. The second-order valence-electron chi connectivity index (χ2n) is 4.64. The normalized spacial score (nSPS) is 40.8. The van der Waals surface area contributed by atoms with Crippen LogP contribution < -0.4 is 5.32 Å². The monoisotopic (exact) mass is 181 g/mol. The van der Waals surface area contributed by atoms with Crippen molar-refractivity contribution in [3.63, 3.8) is 0 Å². The Morgan fingerprint density at radius 1 is 0.923 bits per heavy atom. The molecule has 0 saturated carbocycles. The molecule has 0 aromatic carbocycles. The van der Waals surface area contributed by atoms with Crippen LogP contribution in [0.5, 0.6) is 0 Å². The van der Waals surface area contributed by atoms with Crippen molar-refractivity contribution in [2.24, 2.45) is 23.7 Å². The van der Waals surface area contributed by atoms with Crippen molar-refractivity contribution in [1.29, 1.82) is 0 Å². The summed E-state index contributed by atoms with van der Waals surface area (Å²) in [5, 5.41) is 3.36. The Labute approximate surface area is 82.6 Å². The van der Waals surface area contributed by atoms with Crippen LogP contribution in [-0.2, 0) is 0 Å². The fourth-order valence-corrected chi connectivity index (χ4v) is 2.60. The molecule has 13 heavy (non-hydrogen) atoms. The number of rotatable bonds is 1. The predicted octanol–water partition coefficient (Wildman–Crippen LogP) is 3.04. The van der Waals surface area contributed by atoms with Gasteiger partial charge >= 0.3 is 0 Å². The van der Waals surface area contributed by atoms with Crippen molar-refractivity contribution in [2.45, 2.75) is 34.6 Å². The zero-order valence-electron chi connectivity index (χ0n) is 9.81. The summed E-state index contributed by atoms with van der Waals surface area (Å²) in [6, 6.07) is 0. The average molecular weight is 181 g/mol. The summed E-state index contributed by atoms with van der Waals surface area (Å²) in [5.74, 6) is 3.03. The zero-order valence-corrected chi connectivity index (χ0v) is 9.81. The van der Waals surface area contributed by atoms with E-state index >= 15 is 0 Å². The molecular formula is C12H23N. The highest BCUT2D eigenvalue weighted by Crippen LogP contribution is 2.40. The average Bonchev–Trinajstić information content (AvgIpc) is 2.13. The molecule has 0 spiro atoms. The van der Waals surface area contributed by atoms with Crippen molar-refractivity contribution < 1.29 is 0 Å². The molecule has 1 N–H and O–H groups in total. The third kappa shape index (κ3) is 1.61. The van der Waals surface area contributed by atoms with E-state index in [2.05, 4.69) is 39.9 Å². The van der Waals surface area contributed by atoms with Crippen molar-refractivity contribution in [3.05, 3.63) is 11.3 Å². The summed E-state index contributed by atoms with van der Waals surface area (Å²) >= 11 is 0. The van der Waals surface area contributed by atoms with E-state index in [1.54, 1.807) is 5.57 Å². The Kier molecular flexibility index (Phi) is 3.05. The second kappa shape index (κ2) is 3.73. The summed E-state index contributed by atoms with van der Waals surface area (Å²) in [6.07, 6.45) is 0. The molecule has 0 aliphatic heterocycles. The van der Waals surface area contributed by atoms with Gasteiger partial charge in [-0.05, 0) is 30.6 Å². The van der Waals surface area contributed by atoms with E-state index in [0.717, 1.165) is 17.8 Å². The SMILES string of the molecule is CNC1=C(C)C(C)C(C)C(C)C1C. The van der Waals surface area contributed by atoms with Gasteiger partial charge in [-0.1, -0.05) is 33.3 Å². The van der Waals surface area contributed by atoms with Gasteiger partial charge in [-0.15, -0.1) is 0 Å². The van der Waals surface area contributed by atoms with Crippen LogP contribution in [0.15, 0.2) is 11.3 Å². The van der Waals surface area contributed by atoms with Gasteiger partial charge in [0.25, 0.3) is 0 Å². The minimum absolute atomic E-state index is 0.691. The lowest BCUT2D eigenvalue weighted by Gasteiger charge is -2.39. The molecule has 0 amide bonds. The van der Waals surface area contributed by atoms with Crippen LogP contribution in [-0.4, -0.2) is 7.05 Å². The summed E-state index contributed by atoms with van der Waals surface area (Å²) in [5.41, 5.74) is 3.03. The lowest BCUT2D eigenvalue weighted by Crippen LogP contribution is -2.34. The van der Waals surface area contributed by atoms with Gasteiger partial charge in [-0.25, -0.2) is 0 Å². The maximum Gasteiger partial charge on any atom is 0.0127 e. The highest BCUT2D eigenvalue weighted by Gasteiger charge is 2.33. The summed E-state index contributed by atoms with van der Waals surface area (Å²) in [4.78, 5) is 0. The summed E-state index contributed by atoms with van der Waals surface area (Å²) < 4.78 is 0. The first-order valence-corrected chi connectivity index (χ1v) is 5.39. The molecule has 4 atom stereocenters. The molecule has 1 aliphatic carbocycles. The summed E-state index contributed by atoms with van der Waals surface area (Å²) in [7, 11) is 2.05. The van der Waals surface area contributed by atoms with Crippen LogP contribution in [0.1, 0.15) is 34.6 Å². The maximum absolute atomic E-state index is 3.36. The maximum atomic E-state index is 3.36. The van der Waals surface area contributed by atoms with Gasteiger partial charge in [0, 0.05) is 12.7 Å². The first kappa shape index (κ1) is 10.6. The predicted molar refractivity (Wildman–Crippen MR) is 58.4 cm³/mol. The molecule has 0 aromatic heterocycles. The van der Waals surface area contributed by atoms with Crippen molar-refractivity contribution in [2.75, 3.05) is 7.05 Å². The molecule has 4 unspecified atom stereocenters. The fraction of sp³-hybridized carbons (Fsp3) is 0.833. The highest BCUT2D eigenvalue weighted by molar-refractivity contribution is 5.20. The van der Waals surface area contributed by atoms with E-state index in [-0.39, 0.29) is 0 Å². The molecule has 0 bridgehead atoms. The van der Waals surface area contributed by atoms with Crippen molar-refractivity contribution in [1.82, 2.24) is 5.32 Å².